The summed E-state index contributed by atoms with van der Waals surface area (Å²) >= 11 is 5.79. The molecule has 92 valence electrons. The Morgan fingerprint density at radius 2 is 2.12 bits per heavy atom. The molecule has 0 saturated heterocycles. The smallest absolute Gasteiger partial charge is 0.239 e. The predicted molar refractivity (Wildman–Crippen MR) is 70.7 cm³/mol. The van der Waals surface area contributed by atoms with Crippen LogP contribution in [0.5, 0.6) is 0 Å². The molecule has 0 fully saturated rings. The summed E-state index contributed by atoms with van der Waals surface area (Å²) in [5.41, 5.74) is 6.75. The first-order chi connectivity index (χ1) is 8.04. The van der Waals surface area contributed by atoms with Crippen LogP contribution in [0.3, 0.4) is 0 Å². The maximum atomic E-state index is 11.8. The van der Waals surface area contributed by atoms with E-state index < -0.39 is 6.04 Å². The summed E-state index contributed by atoms with van der Waals surface area (Å²) in [5, 5.41) is 0.686. The zero-order chi connectivity index (χ0) is 12.8. The molecule has 4 heteroatoms. The van der Waals surface area contributed by atoms with E-state index in [2.05, 4.69) is 6.58 Å². The molecule has 3 nitrogen and oxygen atoms in total. The van der Waals surface area contributed by atoms with Crippen LogP contribution < -0.4 is 5.73 Å². The lowest BCUT2D eigenvalue weighted by Gasteiger charge is -2.20. The average molecular weight is 253 g/mol. The Balaban J connectivity index is 2.59. The zero-order valence-electron chi connectivity index (χ0n) is 9.90. The number of halogens is 1. The molecule has 0 aliphatic rings. The highest BCUT2D eigenvalue weighted by Gasteiger charge is 2.16. The summed E-state index contributed by atoms with van der Waals surface area (Å²) in [5.74, 6) is -0.0835. The third kappa shape index (κ3) is 4.21. The number of amides is 1. The van der Waals surface area contributed by atoms with E-state index in [9.17, 15) is 4.79 Å². The Bertz CT molecular complexity index is 389. The van der Waals surface area contributed by atoms with Gasteiger partial charge in [0.1, 0.15) is 0 Å². The molecule has 1 rings (SSSR count). The van der Waals surface area contributed by atoms with Gasteiger partial charge >= 0.3 is 0 Å². The van der Waals surface area contributed by atoms with Gasteiger partial charge in [0.15, 0.2) is 0 Å². The molecule has 0 heterocycles. The van der Waals surface area contributed by atoms with Crippen molar-refractivity contribution >= 4 is 17.5 Å². The Hall–Kier alpha value is -1.32. The van der Waals surface area contributed by atoms with Crippen LogP contribution in [0.2, 0.25) is 5.02 Å². The number of hydrogen-bond acceptors (Lipinski definition) is 2. The average Bonchev–Trinajstić information content (AvgIpc) is 2.31. The molecule has 1 aromatic rings. The van der Waals surface area contributed by atoms with E-state index in [1.54, 1.807) is 30.2 Å². The Kier molecular flexibility index (Phi) is 5.19. The highest BCUT2D eigenvalue weighted by molar-refractivity contribution is 6.30. The van der Waals surface area contributed by atoms with E-state index in [-0.39, 0.29) is 5.91 Å². The van der Waals surface area contributed by atoms with Crippen molar-refractivity contribution in [2.45, 2.75) is 19.0 Å². The van der Waals surface area contributed by atoms with Gasteiger partial charge in [0.25, 0.3) is 0 Å². The minimum Gasteiger partial charge on any atom is -0.340 e. The summed E-state index contributed by atoms with van der Waals surface area (Å²) in [4.78, 5) is 13.4. The second-order valence-corrected chi connectivity index (χ2v) is 4.39. The Morgan fingerprint density at radius 3 is 2.65 bits per heavy atom. The van der Waals surface area contributed by atoms with Gasteiger partial charge in [-0.05, 0) is 24.1 Å². The van der Waals surface area contributed by atoms with Crippen molar-refractivity contribution in [1.82, 2.24) is 4.90 Å². The molecule has 2 N–H and O–H groups in total. The van der Waals surface area contributed by atoms with Crippen LogP contribution >= 0.6 is 11.6 Å². The summed E-state index contributed by atoms with van der Waals surface area (Å²) in [7, 11) is 1.74. The van der Waals surface area contributed by atoms with Crippen molar-refractivity contribution in [2.24, 2.45) is 5.73 Å². The van der Waals surface area contributed by atoms with Gasteiger partial charge in [-0.15, -0.1) is 6.58 Å². The monoisotopic (exact) mass is 252 g/mol. The fourth-order valence-corrected chi connectivity index (χ4v) is 1.63. The number of carbonyl (C=O) groups is 1. The fraction of sp³-hybridized carbons (Fsp3) is 0.308. The number of hydrogen-bond donors (Lipinski definition) is 1. The van der Waals surface area contributed by atoms with Gasteiger partial charge in [-0.25, -0.2) is 0 Å². The summed E-state index contributed by atoms with van der Waals surface area (Å²) in [6, 6.07) is 6.89. The molecule has 0 aliphatic heterocycles. The van der Waals surface area contributed by atoms with Crippen LogP contribution in [-0.2, 0) is 11.3 Å². The normalized spacial score (nSPS) is 11.9. The second-order valence-electron chi connectivity index (χ2n) is 3.95. The van der Waals surface area contributed by atoms with E-state index in [1.807, 2.05) is 12.1 Å². The Morgan fingerprint density at radius 1 is 1.53 bits per heavy atom. The van der Waals surface area contributed by atoms with Crippen LogP contribution in [0.1, 0.15) is 12.0 Å². The summed E-state index contributed by atoms with van der Waals surface area (Å²) < 4.78 is 0. The van der Waals surface area contributed by atoms with E-state index in [0.29, 0.717) is 18.0 Å². The number of carbonyl (C=O) groups excluding carboxylic acids is 1. The van der Waals surface area contributed by atoms with Gasteiger partial charge in [0.05, 0.1) is 6.04 Å². The standard InChI is InChI=1S/C13H17ClN2O/c1-3-4-12(15)13(17)16(2)9-10-5-7-11(14)8-6-10/h3,5-8,12H,1,4,9,15H2,2H3. The molecule has 0 aromatic heterocycles. The first kappa shape index (κ1) is 13.7. The van der Waals surface area contributed by atoms with Crippen LogP contribution in [0, 0.1) is 0 Å². The SMILES string of the molecule is C=CCC(N)C(=O)N(C)Cc1ccc(Cl)cc1. The number of rotatable bonds is 5. The molecule has 0 radical (unpaired) electrons. The second kappa shape index (κ2) is 6.42. The van der Waals surface area contributed by atoms with E-state index >= 15 is 0 Å². The number of nitrogens with zero attached hydrogens (tertiary/aromatic N) is 1. The molecule has 1 unspecified atom stereocenters. The van der Waals surface area contributed by atoms with Gasteiger partial charge in [-0.3, -0.25) is 4.79 Å². The van der Waals surface area contributed by atoms with Crippen LogP contribution in [0.4, 0.5) is 0 Å². The molecular formula is C13H17ClN2O. The maximum absolute atomic E-state index is 11.8. The van der Waals surface area contributed by atoms with Gasteiger partial charge in [-0.2, -0.15) is 0 Å². The van der Waals surface area contributed by atoms with Gasteiger partial charge in [0.2, 0.25) is 5.91 Å². The Labute approximate surface area is 107 Å². The third-order valence-electron chi connectivity index (χ3n) is 2.45. The van der Waals surface area contributed by atoms with Crippen molar-refractivity contribution in [2.75, 3.05) is 7.05 Å². The highest BCUT2D eigenvalue weighted by Crippen LogP contribution is 2.11. The van der Waals surface area contributed by atoms with Crippen molar-refractivity contribution in [3.05, 3.63) is 47.5 Å². The molecular weight excluding hydrogens is 236 g/mol. The molecule has 0 spiro atoms. The first-order valence-corrected chi connectivity index (χ1v) is 5.78. The topological polar surface area (TPSA) is 46.3 Å². The molecule has 1 amide bonds. The molecule has 17 heavy (non-hydrogen) atoms. The van der Waals surface area contributed by atoms with Crippen LogP contribution in [0.25, 0.3) is 0 Å². The van der Waals surface area contributed by atoms with E-state index in [0.717, 1.165) is 5.56 Å². The largest absolute Gasteiger partial charge is 0.340 e. The van der Waals surface area contributed by atoms with Gasteiger partial charge < -0.3 is 10.6 Å². The molecule has 0 saturated carbocycles. The van der Waals surface area contributed by atoms with Crippen LogP contribution in [0.15, 0.2) is 36.9 Å². The van der Waals surface area contributed by atoms with Crippen molar-refractivity contribution in [3.8, 4) is 0 Å². The zero-order valence-corrected chi connectivity index (χ0v) is 10.7. The molecule has 1 aromatic carbocycles. The van der Waals surface area contributed by atoms with Crippen molar-refractivity contribution in [3.63, 3.8) is 0 Å². The third-order valence-corrected chi connectivity index (χ3v) is 2.70. The minimum absolute atomic E-state index is 0.0835. The summed E-state index contributed by atoms with van der Waals surface area (Å²) in [6.45, 7) is 4.10. The van der Waals surface area contributed by atoms with Crippen molar-refractivity contribution < 1.29 is 4.79 Å². The minimum atomic E-state index is -0.509. The lowest BCUT2D eigenvalue weighted by atomic mass is 10.1. The van der Waals surface area contributed by atoms with Crippen molar-refractivity contribution in [1.29, 1.82) is 0 Å². The number of likely N-dealkylation sites (N-methyl/N-ethyl adjacent to an activating group) is 1. The molecule has 0 bridgehead atoms. The predicted octanol–water partition coefficient (Wildman–Crippen LogP) is 2.20. The number of nitrogens with two attached hydrogens (primary N) is 1. The summed E-state index contributed by atoms with van der Waals surface area (Å²) in [6.07, 6.45) is 2.14. The lowest BCUT2D eigenvalue weighted by molar-refractivity contribution is -0.131. The maximum Gasteiger partial charge on any atom is 0.239 e. The fourth-order valence-electron chi connectivity index (χ4n) is 1.51. The molecule has 1 atom stereocenters. The van der Waals surface area contributed by atoms with E-state index in [1.165, 1.54) is 0 Å². The first-order valence-electron chi connectivity index (χ1n) is 5.40. The lowest BCUT2D eigenvalue weighted by Crippen LogP contribution is -2.41. The number of benzene rings is 1. The molecule has 0 aliphatic carbocycles. The highest BCUT2D eigenvalue weighted by atomic mass is 35.5. The van der Waals surface area contributed by atoms with E-state index in [4.69, 9.17) is 17.3 Å². The van der Waals surface area contributed by atoms with Crippen LogP contribution in [-0.4, -0.2) is 23.9 Å². The van der Waals surface area contributed by atoms with Gasteiger partial charge in [-0.1, -0.05) is 29.8 Å². The van der Waals surface area contributed by atoms with Gasteiger partial charge in [0, 0.05) is 18.6 Å². The quantitative estimate of drug-likeness (QED) is 0.817.